The first-order valence-electron chi connectivity index (χ1n) is 5.23. The lowest BCUT2D eigenvalue weighted by molar-refractivity contribution is 0.367. The van der Waals surface area contributed by atoms with Crippen molar-refractivity contribution in [2.24, 2.45) is 5.41 Å². The third kappa shape index (κ3) is 4.25. The average Bonchev–Trinajstić information content (AvgIpc) is 2.44. The highest BCUT2D eigenvalue weighted by molar-refractivity contribution is 7.10. The average molecular weight is 211 g/mol. The van der Waals surface area contributed by atoms with Gasteiger partial charge in [-0.05, 0) is 42.3 Å². The summed E-state index contributed by atoms with van der Waals surface area (Å²) < 4.78 is 0. The van der Waals surface area contributed by atoms with Gasteiger partial charge in [-0.3, -0.25) is 0 Å². The molecule has 0 spiro atoms. The van der Waals surface area contributed by atoms with Crippen molar-refractivity contribution in [1.82, 2.24) is 5.32 Å². The summed E-state index contributed by atoms with van der Waals surface area (Å²) in [7, 11) is 0. The van der Waals surface area contributed by atoms with E-state index in [2.05, 4.69) is 44.5 Å². The van der Waals surface area contributed by atoms with E-state index in [-0.39, 0.29) is 0 Å². The van der Waals surface area contributed by atoms with Crippen molar-refractivity contribution in [1.29, 1.82) is 0 Å². The smallest absolute Gasteiger partial charge is 0.0302 e. The molecule has 1 aromatic heterocycles. The molecule has 0 aliphatic heterocycles. The summed E-state index contributed by atoms with van der Waals surface area (Å²) in [4.78, 5) is 1.47. The predicted molar refractivity (Wildman–Crippen MR) is 64.8 cm³/mol. The molecule has 0 saturated heterocycles. The Labute approximate surface area is 91.5 Å². The Morgan fingerprint density at radius 3 is 2.57 bits per heavy atom. The molecule has 0 aliphatic rings. The van der Waals surface area contributed by atoms with E-state index < -0.39 is 0 Å². The Kier molecular flexibility index (Phi) is 4.14. The molecule has 14 heavy (non-hydrogen) atoms. The van der Waals surface area contributed by atoms with E-state index in [4.69, 9.17) is 0 Å². The van der Waals surface area contributed by atoms with E-state index in [0.717, 1.165) is 13.1 Å². The molecule has 1 rings (SSSR count). The molecule has 0 fully saturated rings. The molecule has 1 aromatic rings. The van der Waals surface area contributed by atoms with Crippen LogP contribution in [0.25, 0.3) is 0 Å². The Bertz CT molecular complexity index is 270. The SMILES string of the molecule is Cc1ccsc1CNCCC(C)(C)C. The lowest BCUT2D eigenvalue weighted by atomic mass is 9.92. The van der Waals surface area contributed by atoms with E-state index in [0.29, 0.717) is 5.41 Å². The zero-order valence-corrected chi connectivity index (χ0v) is 10.5. The topological polar surface area (TPSA) is 12.0 Å². The van der Waals surface area contributed by atoms with Crippen molar-refractivity contribution >= 4 is 11.3 Å². The summed E-state index contributed by atoms with van der Waals surface area (Å²) in [5.74, 6) is 0. The van der Waals surface area contributed by atoms with Gasteiger partial charge in [0.1, 0.15) is 0 Å². The van der Waals surface area contributed by atoms with Crippen LogP contribution in [0.5, 0.6) is 0 Å². The number of hydrogen-bond acceptors (Lipinski definition) is 2. The summed E-state index contributed by atoms with van der Waals surface area (Å²) in [5.41, 5.74) is 1.86. The standard InChI is InChI=1S/C12H21NS/c1-10-5-8-14-11(10)9-13-7-6-12(2,3)4/h5,8,13H,6-7,9H2,1-4H3. The number of aryl methyl sites for hydroxylation is 1. The van der Waals surface area contributed by atoms with Crippen LogP contribution in [0, 0.1) is 12.3 Å². The highest BCUT2D eigenvalue weighted by Crippen LogP contribution is 2.18. The van der Waals surface area contributed by atoms with Crippen molar-refractivity contribution in [3.8, 4) is 0 Å². The molecule has 0 amide bonds. The normalized spacial score (nSPS) is 12.0. The number of hydrogen-bond donors (Lipinski definition) is 1. The zero-order valence-electron chi connectivity index (χ0n) is 9.68. The van der Waals surface area contributed by atoms with Gasteiger partial charge in [-0.15, -0.1) is 11.3 Å². The van der Waals surface area contributed by atoms with Crippen LogP contribution >= 0.6 is 11.3 Å². The molecule has 0 unspecified atom stereocenters. The fourth-order valence-corrected chi connectivity index (χ4v) is 2.13. The third-order valence-corrected chi connectivity index (χ3v) is 3.33. The Morgan fingerprint density at radius 1 is 1.36 bits per heavy atom. The minimum Gasteiger partial charge on any atom is -0.312 e. The van der Waals surface area contributed by atoms with Gasteiger partial charge in [-0.25, -0.2) is 0 Å². The fraction of sp³-hybridized carbons (Fsp3) is 0.667. The molecule has 0 radical (unpaired) electrons. The van der Waals surface area contributed by atoms with Crippen molar-refractivity contribution in [2.45, 2.75) is 40.7 Å². The van der Waals surface area contributed by atoms with Crippen LogP contribution in [-0.4, -0.2) is 6.54 Å². The first-order valence-corrected chi connectivity index (χ1v) is 6.11. The van der Waals surface area contributed by atoms with Crippen LogP contribution in [-0.2, 0) is 6.54 Å². The predicted octanol–water partition coefficient (Wildman–Crippen LogP) is 3.58. The second-order valence-corrected chi connectivity index (χ2v) is 6.01. The van der Waals surface area contributed by atoms with Crippen LogP contribution in [0.3, 0.4) is 0 Å². The summed E-state index contributed by atoms with van der Waals surface area (Å²) in [5, 5.41) is 5.66. The van der Waals surface area contributed by atoms with Gasteiger partial charge in [0, 0.05) is 11.4 Å². The van der Waals surface area contributed by atoms with Gasteiger partial charge in [0.05, 0.1) is 0 Å². The maximum Gasteiger partial charge on any atom is 0.0302 e. The highest BCUT2D eigenvalue weighted by Gasteiger charge is 2.08. The second kappa shape index (κ2) is 4.94. The van der Waals surface area contributed by atoms with Crippen molar-refractivity contribution in [2.75, 3.05) is 6.54 Å². The molecular formula is C12H21NS. The number of nitrogens with one attached hydrogen (secondary N) is 1. The molecule has 0 bridgehead atoms. The molecular weight excluding hydrogens is 190 g/mol. The monoisotopic (exact) mass is 211 g/mol. The van der Waals surface area contributed by atoms with Gasteiger partial charge >= 0.3 is 0 Å². The van der Waals surface area contributed by atoms with Gasteiger partial charge in [0.15, 0.2) is 0 Å². The minimum atomic E-state index is 0.442. The first kappa shape index (κ1) is 11.7. The van der Waals surface area contributed by atoms with Crippen LogP contribution < -0.4 is 5.32 Å². The van der Waals surface area contributed by atoms with Crippen molar-refractivity contribution in [3.05, 3.63) is 21.9 Å². The van der Waals surface area contributed by atoms with E-state index in [1.165, 1.54) is 16.9 Å². The molecule has 1 N–H and O–H groups in total. The Balaban J connectivity index is 2.20. The van der Waals surface area contributed by atoms with Gasteiger partial charge in [0.25, 0.3) is 0 Å². The van der Waals surface area contributed by atoms with Gasteiger partial charge < -0.3 is 5.32 Å². The molecule has 80 valence electrons. The van der Waals surface area contributed by atoms with Crippen LogP contribution in [0.1, 0.15) is 37.6 Å². The van der Waals surface area contributed by atoms with Gasteiger partial charge in [-0.1, -0.05) is 20.8 Å². The summed E-state index contributed by atoms with van der Waals surface area (Å²) >= 11 is 1.84. The summed E-state index contributed by atoms with van der Waals surface area (Å²) in [6.45, 7) is 11.2. The number of rotatable bonds is 4. The molecule has 1 heterocycles. The highest BCUT2D eigenvalue weighted by atomic mass is 32.1. The molecule has 2 heteroatoms. The summed E-state index contributed by atoms with van der Waals surface area (Å²) in [6.07, 6.45) is 1.23. The number of thiophene rings is 1. The van der Waals surface area contributed by atoms with E-state index in [1.807, 2.05) is 11.3 Å². The van der Waals surface area contributed by atoms with Crippen LogP contribution in [0.15, 0.2) is 11.4 Å². The van der Waals surface area contributed by atoms with Crippen LogP contribution in [0.2, 0.25) is 0 Å². The van der Waals surface area contributed by atoms with Crippen LogP contribution in [0.4, 0.5) is 0 Å². The molecule has 0 atom stereocenters. The molecule has 1 nitrogen and oxygen atoms in total. The Morgan fingerprint density at radius 2 is 2.07 bits per heavy atom. The van der Waals surface area contributed by atoms with E-state index in [9.17, 15) is 0 Å². The molecule has 0 aromatic carbocycles. The lowest BCUT2D eigenvalue weighted by Gasteiger charge is -2.17. The largest absolute Gasteiger partial charge is 0.312 e. The fourth-order valence-electron chi connectivity index (χ4n) is 1.25. The summed E-state index contributed by atoms with van der Waals surface area (Å²) in [6, 6.07) is 2.19. The van der Waals surface area contributed by atoms with Crippen molar-refractivity contribution in [3.63, 3.8) is 0 Å². The maximum atomic E-state index is 3.50. The first-order chi connectivity index (χ1) is 6.49. The van der Waals surface area contributed by atoms with Gasteiger partial charge in [0.2, 0.25) is 0 Å². The maximum absolute atomic E-state index is 3.50. The Hall–Kier alpha value is -0.340. The minimum absolute atomic E-state index is 0.442. The molecule has 0 aliphatic carbocycles. The van der Waals surface area contributed by atoms with Crippen molar-refractivity contribution < 1.29 is 0 Å². The van der Waals surface area contributed by atoms with E-state index in [1.54, 1.807) is 0 Å². The molecule has 0 saturated carbocycles. The van der Waals surface area contributed by atoms with E-state index >= 15 is 0 Å². The van der Waals surface area contributed by atoms with Gasteiger partial charge in [-0.2, -0.15) is 0 Å². The zero-order chi connectivity index (χ0) is 10.6. The third-order valence-electron chi connectivity index (χ3n) is 2.31. The quantitative estimate of drug-likeness (QED) is 0.751. The second-order valence-electron chi connectivity index (χ2n) is 5.01. The lowest BCUT2D eigenvalue weighted by Crippen LogP contribution is -2.19.